The number of hydrogen-bond acceptors (Lipinski definition) is 5. The zero-order valence-corrected chi connectivity index (χ0v) is 17.2. The van der Waals surface area contributed by atoms with Crippen molar-refractivity contribution in [3.63, 3.8) is 0 Å². The van der Waals surface area contributed by atoms with Gasteiger partial charge < -0.3 is 4.74 Å². The molecule has 0 fully saturated rings. The van der Waals surface area contributed by atoms with E-state index in [2.05, 4.69) is 38.5 Å². The zero-order chi connectivity index (χ0) is 21.5. The summed E-state index contributed by atoms with van der Waals surface area (Å²) >= 11 is 0. The molecule has 5 nitrogen and oxygen atoms in total. The first-order valence-corrected chi connectivity index (χ1v) is 9.76. The summed E-state index contributed by atoms with van der Waals surface area (Å²) < 4.78 is 19.1. The first kappa shape index (κ1) is 21.1. The van der Waals surface area contributed by atoms with Gasteiger partial charge in [0, 0.05) is 23.0 Å². The molecular weight excluding hydrogens is 381 g/mol. The van der Waals surface area contributed by atoms with Crippen molar-refractivity contribution in [2.75, 3.05) is 7.11 Å². The summed E-state index contributed by atoms with van der Waals surface area (Å²) in [5.74, 6) is 4.84. The van der Waals surface area contributed by atoms with Gasteiger partial charge in [-0.15, -0.1) is 0 Å². The van der Waals surface area contributed by atoms with Crippen LogP contribution in [0.15, 0.2) is 42.9 Å². The van der Waals surface area contributed by atoms with Crippen molar-refractivity contribution in [3.05, 3.63) is 76.8 Å². The predicted octanol–water partition coefficient (Wildman–Crippen LogP) is 4.38. The second kappa shape index (κ2) is 9.75. The fourth-order valence-electron chi connectivity index (χ4n) is 3.02. The first-order chi connectivity index (χ1) is 14.6. The van der Waals surface area contributed by atoms with Crippen molar-refractivity contribution in [1.82, 2.24) is 15.0 Å². The van der Waals surface area contributed by atoms with E-state index in [-0.39, 0.29) is 5.56 Å². The Hall–Kier alpha value is -3.59. The Morgan fingerprint density at radius 3 is 2.57 bits per heavy atom. The van der Waals surface area contributed by atoms with Gasteiger partial charge in [-0.1, -0.05) is 38.2 Å². The number of rotatable bonds is 5. The molecule has 0 aliphatic carbocycles. The standard InChI is InChI=1S/C24H22FN3O2/c1-4-6-18-10-7-16(14-26-18)8-11-20-22(5-2)27-15-28-23(20)17-9-12-19(21(25)13-17)24(29)30-3/h7,9-10,12-15H,4-6H2,1-3H3. The third-order valence-corrected chi connectivity index (χ3v) is 4.57. The Kier molecular flexibility index (Phi) is 6.87. The molecule has 3 aromatic rings. The summed E-state index contributed by atoms with van der Waals surface area (Å²) in [6.45, 7) is 4.08. The molecule has 0 unspecified atom stereocenters. The van der Waals surface area contributed by atoms with Gasteiger partial charge in [0.15, 0.2) is 0 Å². The number of hydrogen-bond donors (Lipinski definition) is 0. The summed E-state index contributed by atoms with van der Waals surface area (Å²) in [6.07, 6.45) is 5.80. The summed E-state index contributed by atoms with van der Waals surface area (Å²) in [7, 11) is 1.21. The molecule has 2 heterocycles. The lowest BCUT2D eigenvalue weighted by Crippen LogP contribution is -2.05. The number of aromatic nitrogens is 3. The quantitative estimate of drug-likeness (QED) is 0.467. The molecule has 0 atom stereocenters. The number of ether oxygens (including phenoxy) is 1. The Bertz CT molecular complexity index is 1120. The first-order valence-electron chi connectivity index (χ1n) is 9.76. The van der Waals surface area contributed by atoms with Crippen LogP contribution in [-0.4, -0.2) is 28.0 Å². The smallest absolute Gasteiger partial charge is 0.340 e. The van der Waals surface area contributed by atoms with Gasteiger partial charge in [-0.25, -0.2) is 19.2 Å². The van der Waals surface area contributed by atoms with E-state index in [4.69, 9.17) is 0 Å². The number of benzene rings is 1. The fraction of sp³-hybridized carbons (Fsp3) is 0.250. The normalized spacial score (nSPS) is 10.3. The average molecular weight is 403 g/mol. The Labute approximate surface area is 175 Å². The van der Waals surface area contributed by atoms with E-state index in [1.54, 1.807) is 12.3 Å². The van der Waals surface area contributed by atoms with Gasteiger partial charge in [-0.2, -0.15) is 0 Å². The van der Waals surface area contributed by atoms with E-state index in [1.165, 1.54) is 25.6 Å². The van der Waals surface area contributed by atoms with Crippen LogP contribution < -0.4 is 0 Å². The maximum absolute atomic E-state index is 14.5. The third-order valence-electron chi connectivity index (χ3n) is 4.57. The molecule has 0 saturated carbocycles. The number of pyridine rings is 1. The molecule has 0 bridgehead atoms. The largest absolute Gasteiger partial charge is 0.465 e. The average Bonchev–Trinajstić information content (AvgIpc) is 2.78. The molecular formula is C24H22FN3O2. The van der Waals surface area contributed by atoms with Gasteiger partial charge in [0.05, 0.1) is 29.6 Å². The highest BCUT2D eigenvalue weighted by Crippen LogP contribution is 2.25. The van der Waals surface area contributed by atoms with Crippen LogP contribution in [0.25, 0.3) is 11.3 Å². The second-order valence-electron chi connectivity index (χ2n) is 6.62. The van der Waals surface area contributed by atoms with E-state index in [0.717, 1.165) is 29.8 Å². The molecule has 0 radical (unpaired) electrons. The molecule has 3 rings (SSSR count). The third kappa shape index (κ3) is 4.69. The maximum Gasteiger partial charge on any atom is 0.340 e. The Morgan fingerprint density at radius 1 is 1.10 bits per heavy atom. The van der Waals surface area contributed by atoms with Crippen LogP contribution >= 0.6 is 0 Å². The van der Waals surface area contributed by atoms with Gasteiger partial charge in [0.2, 0.25) is 0 Å². The van der Waals surface area contributed by atoms with E-state index in [0.29, 0.717) is 23.2 Å². The van der Waals surface area contributed by atoms with Gasteiger partial charge in [-0.3, -0.25) is 4.98 Å². The number of esters is 1. The minimum atomic E-state index is -0.727. The summed E-state index contributed by atoms with van der Waals surface area (Å²) in [6, 6.07) is 8.18. The van der Waals surface area contributed by atoms with Gasteiger partial charge in [0.25, 0.3) is 0 Å². The van der Waals surface area contributed by atoms with Crippen LogP contribution in [0.2, 0.25) is 0 Å². The summed E-state index contributed by atoms with van der Waals surface area (Å²) in [5.41, 5.74) is 4.10. The highest BCUT2D eigenvalue weighted by molar-refractivity contribution is 5.90. The number of aryl methyl sites for hydroxylation is 2. The molecule has 0 aliphatic heterocycles. The van der Waals surface area contributed by atoms with Crippen LogP contribution in [0.4, 0.5) is 4.39 Å². The fourth-order valence-corrected chi connectivity index (χ4v) is 3.02. The van der Waals surface area contributed by atoms with Gasteiger partial charge in [-0.05, 0) is 37.1 Å². The Morgan fingerprint density at radius 2 is 1.93 bits per heavy atom. The molecule has 6 heteroatoms. The van der Waals surface area contributed by atoms with Crippen LogP contribution in [0.1, 0.15) is 53.1 Å². The lowest BCUT2D eigenvalue weighted by molar-refractivity contribution is 0.0595. The molecule has 2 aromatic heterocycles. The SMILES string of the molecule is CCCc1ccc(C#Cc2c(CC)ncnc2-c2ccc(C(=O)OC)c(F)c2)cn1. The van der Waals surface area contributed by atoms with Gasteiger partial charge >= 0.3 is 5.97 Å². The van der Waals surface area contributed by atoms with Crippen molar-refractivity contribution in [2.24, 2.45) is 0 Å². The number of nitrogens with zero attached hydrogens (tertiary/aromatic N) is 3. The van der Waals surface area contributed by atoms with Gasteiger partial charge in [0.1, 0.15) is 12.1 Å². The van der Waals surface area contributed by atoms with Crippen molar-refractivity contribution >= 4 is 5.97 Å². The van der Waals surface area contributed by atoms with E-state index in [1.807, 2.05) is 19.1 Å². The monoisotopic (exact) mass is 403 g/mol. The lowest BCUT2D eigenvalue weighted by Gasteiger charge is -2.09. The van der Waals surface area contributed by atoms with Crippen LogP contribution in [0.3, 0.4) is 0 Å². The topological polar surface area (TPSA) is 65.0 Å². The van der Waals surface area contributed by atoms with Crippen molar-refractivity contribution in [1.29, 1.82) is 0 Å². The highest BCUT2D eigenvalue weighted by Gasteiger charge is 2.16. The summed E-state index contributed by atoms with van der Waals surface area (Å²) in [4.78, 5) is 24.7. The van der Waals surface area contributed by atoms with Crippen LogP contribution in [0.5, 0.6) is 0 Å². The van der Waals surface area contributed by atoms with E-state index >= 15 is 0 Å². The lowest BCUT2D eigenvalue weighted by atomic mass is 10.0. The Balaban J connectivity index is 2.03. The minimum Gasteiger partial charge on any atom is -0.465 e. The number of methoxy groups -OCH3 is 1. The molecule has 1 aromatic carbocycles. The van der Waals surface area contributed by atoms with E-state index < -0.39 is 11.8 Å². The molecule has 152 valence electrons. The number of carbonyl (C=O) groups excluding carboxylic acids is 1. The maximum atomic E-state index is 14.5. The highest BCUT2D eigenvalue weighted by atomic mass is 19.1. The predicted molar refractivity (Wildman–Crippen MR) is 112 cm³/mol. The molecule has 30 heavy (non-hydrogen) atoms. The van der Waals surface area contributed by atoms with Crippen LogP contribution in [-0.2, 0) is 17.6 Å². The second-order valence-corrected chi connectivity index (χ2v) is 6.62. The number of carbonyl (C=O) groups is 1. The molecule has 0 saturated heterocycles. The van der Waals surface area contributed by atoms with Crippen molar-refractivity contribution < 1.29 is 13.9 Å². The minimum absolute atomic E-state index is 0.128. The van der Waals surface area contributed by atoms with Crippen molar-refractivity contribution in [3.8, 4) is 23.1 Å². The van der Waals surface area contributed by atoms with Crippen LogP contribution in [0, 0.1) is 17.7 Å². The molecule has 0 spiro atoms. The van der Waals surface area contributed by atoms with Crippen molar-refractivity contribution in [2.45, 2.75) is 33.1 Å². The summed E-state index contributed by atoms with van der Waals surface area (Å²) in [5, 5.41) is 0. The zero-order valence-electron chi connectivity index (χ0n) is 17.2. The molecule has 0 N–H and O–H groups in total. The molecule has 0 amide bonds. The molecule has 0 aliphatic rings. The number of halogens is 1. The van der Waals surface area contributed by atoms with E-state index in [9.17, 15) is 9.18 Å².